The predicted octanol–water partition coefficient (Wildman–Crippen LogP) is 2.97. The summed E-state index contributed by atoms with van der Waals surface area (Å²) in [5.74, 6) is 0. The molecule has 0 bridgehead atoms. The van der Waals surface area contributed by atoms with E-state index in [0.29, 0.717) is 0 Å². The molecular weight excluding hydrogens is 244 g/mol. The normalized spacial score (nSPS) is 12.8. The monoisotopic (exact) mass is 260 g/mol. The molecule has 1 aromatic rings. The summed E-state index contributed by atoms with van der Waals surface area (Å²) in [5, 5.41) is 0. The minimum atomic E-state index is -3.42. The Morgan fingerprint density at radius 2 is 1.75 bits per heavy atom. The summed E-state index contributed by atoms with van der Waals surface area (Å²) in [4.78, 5) is 0.834. The van der Waals surface area contributed by atoms with Crippen LogP contribution in [0.5, 0.6) is 0 Å². The molecule has 0 aromatic heterocycles. The maximum Gasteiger partial charge on any atom is 0.275 e. The maximum atomic E-state index is 10.9. The third-order valence-electron chi connectivity index (χ3n) is 1.94. The number of benzene rings is 1. The van der Waals surface area contributed by atoms with Crippen molar-refractivity contribution in [3.8, 4) is 0 Å². The van der Waals surface area contributed by atoms with Gasteiger partial charge in [0.05, 0.1) is 6.26 Å². The van der Waals surface area contributed by atoms with E-state index in [1.54, 1.807) is 0 Å². The average molecular weight is 260 g/mol. The summed E-state index contributed by atoms with van der Waals surface area (Å²) in [6, 6.07) is 7.64. The molecule has 1 aromatic carbocycles. The Balaban J connectivity index is 2.97. The first-order chi connectivity index (χ1) is 7.20. The molecular formula is C11H16O3S2. The molecule has 0 fully saturated rings. The summed E-state index contributed by atoms with van der Waals surface area (Å²) in [6.07, 6.45) is 1.04. The van der Waals surface area contributed by atoms with Crippen LogP contribution in [0.1, 0.15) is 26.3 Å². The molecule has 0 heterocycles. The van der Waals surface area contributed by atoms with Gasteiger partial charge >= 0.3 is 0 Å². The number of rotatable bonds is 3. The molecule has 0 amide bonds. The Hall–Kier alpha value is -0.520. The largest absolute Gasteiger partial charge is 0.275 e. The molecule has 0 saturated heterocycles. The lowest BCUT2D eigenvalue weighted by atomic mass is 9.87. The molecule has 0 aliphatic heterocycles. The second-order valence-electron chi connectivity index (χ2n) is 4.60. The highest BCUT2D eigenvalue weighted by molar-refractivity contribution is 8.04. The Kier molecular flexibility index (Phi) is 4.04. The van der Waals surface area contributed by atoms with Gasteiger partial charge in [-0.1, -0.05) is 39.0 Å². The molecule has 0 radical (unpaired) electrons. The van der Waals surface area contributed by atoms with Crippen LogP contribution in [0.2, 0.25) is 0 Å². The molecule has 0 aliphatic rings. The van der Waals surface area contributed by atoms with Crippen LogP contribution < -0.4 is 0 Å². The van der Waals surface area contributed by atoms with Crippen LogP contribution >= 0.6 is 12.0 Å². The highest BCUT2D eigenvalue weighted by Crippen LogP contribution is 2.33. The van der Waals surface area contributed by atoms with Gasteiger partial charge in [-0.05, 0) is 17.0 Å². The Bertz CT molecular complexity index is 458. The zero-order chi connectivity index (χ0) is 12.4. The zero-order valence-corrected chi connectivity index (χ0v) is 11.5. The Morgan fingerprint density at radius 3 is 2.25 bits per heavy atom. The lowest BCUT2D eigenvalue weighted by Crippen LogP contribution is -2.12. The molecule has 5 heteroatoms. The van der Waals surface area contributed by atoms with E-state index in [4.69, 9.17) is 3.63 Å². The van der Waals surface area contributed by atoms with E-state index in [-0.39, 0.29) is 5.41 Å². The van der Waals surface area contributed by atoms with Gasteiger partial charge in [0.1, 0.15) is 0 Å². The molecule has 0 atom stereocenters. The van der Waals surface area contributed by atoms with Crippen LogP contribution in [0, 0.1) is 0 Å². The maximum absolute atomic E-state index is 10.9. The topological polar surface area (TPSA) is 43.4 Å². The fourth-order valence-corrected chi connectivity index (χ4v) is 2.64. The van der Waals surface area contributed by atoms with Crippen molar-refractivity contribution >= 4 is 22.2 Å². The van der Waals surface area contributed by atoms with Crippen LogP contribution in [0.15, 0.2) is 29.2 Å². The lowest BCUT2D eigenvalue weighted by molar-refractivity contribution is 0.523. The highest BCUT2D eigenvalue weighted by Gasteiger charge is 2.18. The van der Waals surface area contributed by atoms with Crippen molar-refractivity contribution in [2.24, 2.45) is 0 Å². The van der Waals surface area contributed by atoms with Gasteiger partial charge in [-0.15, -0.1) is 0 Å². The minimum absolute atomic E-state index is 0.0372. The summed E-state index contributed by atoms with van der Waals surface area (Å²) >= 11 is 0.893. The van der Waals surface area contributed by atoms with Crippen molar-refractivity contribution in [3.63, 3.8) is 0 Å². The second kappa shape index (κ2) is 4.77. The predicted molar refractivity (Wildman–Crippen MR) is 66.9 cm³/mol. The van der Waals surface area contributed by atoms with Crippen molar-refractivity contribution in [2.75, 3.05) is 6.26 Å². The van der Waals surface area contributed by atoms with Crippen LogP contribution in [-0.4, -0.2) is 14.7 Å². The Labute approximate surface area is 102 Å². The molecule has 90 valence electrons. The zero-order valence-electron chi connectivity index (χ0n) is 9.85. The van der Waals surface area contributed by atoms with Crippen LogP contribution in [0.3, 0.4) is 0 Å². The fourth-order valence-electron chi connectivity index (χ4n) is 1.26. The van der Waals surface area contributed by atoms with E-state index < -0.39 is 10.1 Å². The molecule has 0 unspecified atom stereocenters. The molecule has 16 heavy (non-hydrogen) atoms. The van der Waals surface area contributed by atoms with E-state index in [1.165, 1.54) is 0 Å². The van der Waals surface area contributed by atoms with Crippen molar-refractivity contribution < 1.29 is 12.0 Å². The second-order valence-corrected chi connectivity index (χ2v) is 7.16. The first kappa shape index (κ1) is 13.5. The van der Waals surface area contributed by atoms with E-state index in [9.17, 15) is 8.42 Å². The van der Waals surface area contributed by atoms with Gasteiger partial charge in [-0.2, -0.15) is 12.0 Å². The quantitative estimate of drug-likeness (QED) is 0.784. The van der Waals surface area contributed by atoms with E-state index in [0.717, 1.165) is 28.8 Å². The number of hydrogen-bond donors (Lipinski definition) is 0. The van der Waals surface area contributed by atoms with Crippen LogP contribution in [0.25, 0.3) is 0 Å². The molecule has 0 aliphatic carbocycles. The smallest absolute Gasteiger partial charge is 0.199 e. The third kappa shape index (κ3) is 4.15. The van der Waals surface area contributed by atoms with E-state index in [2.05, 4.69) is 20.8 Å². The molecule has 3 nitrogen and oxygen atoms in total. The van der Waals surface area contributed by atoms with Gasteiger partial charge in [0.25, 0.3) is 10.1 Å². The summed E-state index contributed by atoms with van der Waals surface area (Å²) in [5.41, 5.74) is 1.04. The van der Waals surface area contributed by atoms with E-state index >= 15 is 0 Å². The average Bonchev–Trinajstić information content (AvgIpc) is 2.12. The summed E-state index contributed by atoms with van der Waals surface area (Å²) < 4.78 is 26.6. The molecule has 1 rings (SSSR count). The van der Waals surface area contributed by atoms with Crippen LogP contribution in [0.4, 0.5) is 0 Å². The van der Waals surface area contributed by atoms with Crippen molar-refractivity contribution in [1.29, 1.82) is 0 Å². The minimum Gasteiger partial charge on any atom is -0.199 e. The summed E-state index contributed by atoms with van der Waals surface area (Å²) in [6.45, 7) is 6.23. The SMILES string of the molecule is CC(C)(C)c1ccccc1SOS(C)(=O)=O. The van der Waals surface area contributed by atoms with Crippen molar-refractivity contribution in [1.82, 2.24) is 0 Å². The van der Waals surface area contributed by atoms with Gasteiger partial charge in [-0.25, -0.2) is 0 Å². The molecule has 0 spiro atoms. The highest BCUT2D eigenvalue weighted by atomic mass is 32.3. The lowest BCUT2D eigenvalue weighted by Gasteiger charge is -2.21. The molecule has 0 saturated carbocycles. The molecule has 0 N–H and O–H groups in total. The fraction of sp³-hybridized carbons (Fsp3) is 0.455. The van der Waals surface area contributed by atoms with Crippen molar-refractivity contribution in [3.05, 3.63) is 29.8 Å². The van der Waals surface area contributed by atoms with Gasteiger partial charge < -0.3 is 0 Å². The van der Waals surface area contributed by atoms with Gasteiger partial charge in [0.2, 0.25) is 0 Å². The first-order valence-electron chi connectivity index (χ1n) is 4.86. The van der Waals surface area contributed by atoms with Crippen LogP contribution in [-0.2, 0) is 19.2 Å². The standard InChI is InChI=1S/C11H16O3S2/c1-11(2,3)9-7-5-6-8-10(9)15-14-16(4,12)13/h5-8H,1-4H3. The van der Waals surface area contributed by atoms with Crippen molar-refractivity contribution in [2.45, 2.75) is 31.1 Å². The van der Waals surface area contributed by atoms with Gasteiger partial charge in [0.15, 0.2) is 0 Å². The first-order valence-corrected chi connectivity index (χ1v) is 7.41. The van der Waals surface area contributed by atoms with Gasteiger partial charge in [0, 0.05) is 16.9 Å². The summed E-state index contributed by atoms with van der Waals surface area (Å²) in [7, 11) is -3.42. The Morgan fingerprint density at radius 1 is 1.19 bits per heavy atom. The van der Waals surface area contributed by atoms with E-state index in [1.807, 2.05) is 24.3 Å². The van der Waals surface area contributed by atoms with Gasteiger partial charge in [-0.3, -0.25) is 0 Å². The third-order valence-corrected chi connectivity index (χ3v) is 3.74. The number of hydrogen-bond acceptors (Lipinski definition) is 4.